The van der Waals surface area contributed by atoms with E-state index in [1.807, 2.05) is 30.5 Å². The fourth-order valence-corrected chi connectivity index (χ4v) is 4.97. The summed E-state index contributed by atoms with van der Waals surface area (Å²) in [6, 6.07) is 9.64. The van der Waals surface area contributed by atoms with E-state index < -0.39 is 12.4 Å². The van der Waals surface area contributed by atoms with Crippen LogP contribution in [0.5, 0.6) is 0 Å². The summed E-state index contributed by atoms with van der Waals surface area (Å²) in [5.74, 6) is -0.328. The molecule has 0 radical (unpaired) electrons. The number of primary amides is 1. The SMILES string of the molecule is NC(=O)C1CCN([C@H]2[C@@H]3OC[C@@H](O3)[C@@H](NCc3cnc4ccccc4c3)[C@@H]2O)CC1. The summed E-state index contributed by atoms with van der Waals surface area (Å²) in [6.45, 7) is 2.44. The third kappa shape index (κ3) is 3.70. The third-order valence-corrected chi connectivity index (χ3v) is 6.67. The van der Waals surface area contributed by atoms with E-state index in [4.69, 9.17) is 15.2 Å². The van der Waals surface area contributed by atoms with Crippen molar-refractivity contribution in [1.29, 1.82) is 0 Å². The number of benzene rings is 1. The molecule has 1 aromatic heterocycles. The molecule has 8 heteroatoms. The monoisotopic (exact) mass is 412 g/mol. The number of pyridine rings is 1. The van der Waals surface area contributed by atoms with Gasteiger partial charge in [-0.25, -0.2) is 0 Å². The standard InChI is InChI=1S/C22H28N4O4/c23-21(28)14-5-7-26(8-6-14)19-20(27)18(17-12-29-22(19)30-17)25-11-13-9-15-3-1-2-4-16(15)24-10-13/h1-4,9-10,14,17-20,22,25,27H,5-8,11-12H2,(H2,23,28)/t17-,18-,19-,20+,22-/m1/s1. The topological polar surface area (TPSA) is 110 Å². The Morgan fingerprint density at radius 1 is 1.30 bits per heavy atom. The van der Waals surface area contributed by atoms with Crippen LogP contribution in [0.1, 0.15) is 18.4 Å². The lowest BCUT2D eigenvalue weighted by Gasteiger charge is -2.46. The highest BCUT2D eigenvalue weighted by Crippen LogP contribution is 2.33. The fourth-order valence-electron chi connectivity index (χ4n) is 4.97. The molecule has 5 rings (SSSR count). The number of nitrogens with two attached hydrogens (primary N) is 1. The zero-order valence-corrected chi connectivity index (χ0v) is 16.8. The molecule has 3 aliphatic heterocycles. The van der Waals surface area contributed by atoms with Crippen LogP contribution in [0.3, 0.4) is 0 Å². The van der Waals surface area contributed by atoms with Gasteiger partial charge in [0.2, 0.25) is 5.91 Å². The van der Waals surface area contributed by atoms with E-state index >= 15 is 0 Å². The minimum Gasteiger partial charge on any atom is -0.390 e. The molecule has 8 nitrogen and oxygen atoms in total. The molecule has 2 aromatic rings. The molecule has 3 saturated heterocycles. The predicted molar refractivity (Wildman–Crippen MR) is 110 cm³/mol. The van der Waals surface area contributed by atoms with Crippen LogP contribution in [0.15, 0.2) is 36.5 Å². The van der Waals surface area contributed by atoms with E-state index in [0.29, 0.717) is 39.1 Å². The van der Waals surface area contributed by atoms with Crippen molar-refractivity contribution in [3.8, 4) is 0 Å². The highest BCUT2D eigenvalue weighted by Gasteiger charge is 2.52. The number of likely N-dealkylation sites (tertiary alicyclic amines) is 1. The minimum atomic E-state index is -0.630. The Morgan fingerprint density at radius 3 is 2.90 bits per heavy atom. The van der Waals surface area contributed by atoms with Gasteiger partial charge in [0.25, 0.3) is 0 Å². The third-order valence-electron chi connectivity index (χ3n) is 6.67. The van der Waals surface area contributed by atoms with E-state index in [2.05, 4.69) is 21.3 Å². The number of piperidine rings is 1. The Labute approximate surface area is 175 Å². The maximum atomic E-state index is 11.5. The van der Waals surface area contributed by atoms with Crippen LogP contribution in [-0.4, -0.2) is 71.2 Å². The average molecular weight is 412 g/mol. The van der Waals surface area contributed by atoms with E-state index in [1.165, 1.54) is 0 Å². The molecule has 4 N–H and O–H groups in total. The first kappa shape index (κ1) is 19.8. The van der Waals surface area contributed by atoms with Crippen molar-refractivity contribution in [3.63, 3.8) is 0 Å². The van der Waals surface area contributed by atoms with Crippen molar-refractivity contribution in [3.05, 3.63) is 42.1 Å². The maximum Gasteiger partial charge on any atom is 0.220 e. The van der Waals surface area contributed by atoms with Gasteiger partial charge in [0.15, 0.2) is 6.29 Å². The number of aliphatic hydroxyl groups excluding tert-OH is 1. The van der Waals surface area contributed by atoms with Crippen LogP contribution in [0.2, 0.25) is 0 Å². The van der Waals surface area contributed by atoms with Gasteiger partial charge in [0.1, 0.15) is 6.10 Å². The number of nitrogens with one attached hydrogen (secondary N) is 1. The summed E-state index contributed by atoms with van der Waals surface area (Å²) in [5.41, 5.74) is 7.48. The number of rotatable bonds is 5. The Bertz CT molecular complexity index is 917. The lowest BCUT2D eigenvalue weighted by atomic mass is 9.90. The molecular weight excluding hydrogens is 384 g/mol. The van der Waals surface area contributed by atoms with E-state index in [1.54, 1.807) is 0 Å². The maximum absolute atomic E-state index is 11.5. The normalized spacial score (nSPS) is 32.5. The van der Waals surface area contributed by atoms with Gasteiger partial charge in [-0.05, 0) is 43.6 Å². The zero-order valence-electron chi connectivity index (χ0n) is 16.8. The number of aromatic nitrogens is 1. The number of aliphatic hydroxyl groups is 1. The summed E-state index contributed by atoms with van der Waals surface area (Å²) >= 11 is 0. The van der Waals surface area contributed by atoms with E-state index in [9.17, 15) is 9.90 Å². The second-order valence-electron chi connectivity index (χ2n) is 8.51. The molecule has 30 heavy (non-hydrogen) atoms. The van der Waals surface area contributed by atoms with Gasteiger partial charge in [-0.3, -0.25) is 14.7 Å². The second kappa shape index (κ2) is 8.20. The van der Waals surface area contributed by atoms with Gasteiger partial charge in [0, 0.05) is 24.0 Å². The highest BCUT2D eigenvalue weighted by molar-refractivity contribution is 5.78. The molecule has 0 spiro atoms. The zero-order chi connectivity index (χ0) is 20.7. The molecule has 2 bridgehead atoms. The first-order valence-electron chi connectivity index (χ1n) is 10.7. The molecule has 5 atom stereocenters. The van der Waals surface area contributed by atoms with Gasteiger partial charge in [-0.2, -0.15) is 0 Å². The molecule has 0 unspecified atom stereocenters. The van der Waals surface area contributed by atoms with Crippen molar-refractivity contribution in [2.75, 3.05) is 19.7 Å². The predicted octanol–water partition coefficient (Wildman–Crippen LogP) is 0.375. The highest BCUT2D eigenvalue weighted by atomic mass is 16.7. The Morgan fingerprint density at radius 2 is 2.10 bits per heavy atom. The molecule has 3 aliphatic rings. The van der Waals surface area contributed by atoms with Crippen molar-refractivity contribution in [1.82, 2.24) is 15.2 Å². The molecule has 0 saturated carbocycles. The second-order valence-corrected chi connectivity index (χ2v) is 8.51. The van der Waals surface area contributed by atoms with Gasteiger partial charge < -0.3 is 25.6 Å². The fraction of sp³-hybridized carbons (Fsp3) is 0.545. The lowest BCUT2D eigenvalue weighted by molar-refractivity contribution is -0.186. The van der Waals surface area contributed by atoms with Crippen LogP contribution >= 0.6 is 0 Å². The molecular formula is C22H28N4O4. The van der Waals surface area contributed by atoms with E-state index in [0.717, 1.165) is 16.5 Å². The van der Waals surface area contributed by atoms with Crippen LogP contribution in [-0.2, 0) is 20.8 Å². The van der Waals surface area contributed by atoms with Gasteiger partial charge in [0.05, 0.1) is 30.3 Å². The van der Waals surface area contributed by atoms with Crippen molar-refractivity contribution in [2.45, 2.75) is 50.0 Å². The smallest absolute Gasteiger partial charge is 0.220 e. The van der Waals surface area contributed by atoms with Gasteiger partial charge >= 0.3 is 0 Å². The van der Waals surface area contributed by atoms with Crippen LogP contribution in [0.25, 0.3) is 10.9 Å². The van der Waals surface area contributed by atoms with Crippen LogP contribution in [0.4, 0.5) is 0 Å². The van der Waals surface area contributed by atoms with E-state index in [-0.39, 0.29) is 30.0 Å². The van der Waals surface area contributed by atoms with Crippen molar-refractivity contribution < 1.29 is 19.4 Å². The Hall–Kier alpha value is -2.10. The number of hydrogen-bond donors (Lipinski definition) is 3. The number of fused-ring (bicyclic) bond motifs is 3. The number of hydrogen-bond acceptors (Lipinski definition) is 7. The van der Waals surface area contributed by atoms with Crippen molar-refractivity contribution in [2.24, 2.45) is 11.7 Å². The molecule has 1 aromatic carbocycles. The molecule has 160 valence electrons. The van der Waals surface area contributed by atoms with Crippen molar-refractivity contribution >= 4 is 16.8 Å². The number of nitrogens with zero attached hydrogens (tertiary/aromatic N) is 2. The summed E-state index contributed by atoms with van der Waals surface area (Å²) in [5, 5.41) is 15.8. The summed E-state index contributed by atoms with van der Waals surface area (Å²) in [6.07, 6.45) is 2.03. The molecule has 0 aliphatic carbocycles. The van der Waals surface area contributed by atoms with Crippen LogP contribution < -0.4 is 11.1 Å². The number of ether oxygens (including phenoxy) is 2. The Kier molecular flexibility index (Phi) is 5.43. The summed E-state index contributed by atoms with van der Waals surface area (Å²) < 4.78 is 11.9. The summed E-state index contributed by atoms with van der Waals surface area (Å²) in [7, 11) is 0. The van der Waals surface area contributed by atoms with Crippen LogP contribution in [0, 0.1) is 5.92 Å². The first-order chi connectivity index (χ1) is 14.6. The largest absolute Gasteiger partial charge is 0.390 e. The van der Waals surface area contributed by atoms with Gasteiger partial charge in [-0.15, -0.1) is 0 Å². The lowest BCUT2D eigenvalue weighted by Crippen LogP contribution is -2.65. The number of carbonyl (C=O) groups excluding carboxylic acids is 1. The quantitative estimate of drug-likeness (QED) is 0.651. The summed E-state index contributed by atoms with van der Waals surface area (Å²) in [4.78, 5) is 18.2. The molecule has 3 fully saturated rings. The number of carbonyl (C=O) groups is 1. The van der Waals surface area contributed by atoms with Gasteiger partial charge in [-0.1, -0.05) is 18.2 Å². The molecule has 1 amide bonds. The molecule has 4 heterocycles. The first-order valence-corrected chi connectivity index (χ1v) is 10.7. The number of amides is 1. The minimum absolute atomic E-state index is 0.0885. The number of para-hydroxylation sites is 1. The average Bonchev–Trinajstić information content (AvgIpc) is 3.18. The Balaban J connectivity index is 1.27.